The van der Waals surface area contributed by atoms with E-state index in [0.717, 1.165) is 30.4 Å². The van der Waals surface area contributed by atoms with Crippen molar-refractivity contribution >= 4 is 47.3 Å². The molecule has 3 amide bonds. The molecule has 0 aliphatic carbocycles. The SMILES string of the molecule is CN(C)C1CCN(C2(CC=O)CC(N3CCc4ccccc4NC3=O)CC[N@+]2(Cc2ccc(Cl)c(Cl)c2)C(=O)[O-])CC1. The summed E-state index contributed by atoms with van der Waals surface area (Å²) in [7, 11) is 4.11. The van der Waals surface area contributed by atoms with Crippen molar-refractivity contribution in [3.8, 4) is 0 Å². The summed E-state index contributed by atoms with van der Waals surface area (Å²) in [6.45, 7) is 2.06. The van der Waals surface area contributed by atoms with Crippen molar-refractivity contribution in [1.82, 2.24) is 14.7 Å². The molecule has 0 bridgehead atoms. The fourth-order valence-corrected chi connectivity index (χ4v) is 7.78. The molecule has 0 saturated carbocycles. The topological polar surface area (TPSA) is 96.0 Å². The monoisotopic (exact) mass is 615 g/mol. The van der Waals surface area contributed by atoms with E-state index in [-0.39, 0.29) is 31.6 Å². The number of carbonyl (C=O) groups excluding carboxylic acids is 3. The molecule has 1 N–H and O–H groups in total. The molecule has 9 nitrogen and oxygen atoms in total. The van der Waals surface area contributed by atoms with E-state index in [4.69, 9.17) is 23.2 Å². The van der Waals surface area contributed by atoms with Gasteiger partial charge in [-0.25, -0.2) is 4.79 Å². The van der Waals surface area contributed by atoms with Crippen molar-refractivity contribution < 1.29 is 24.0 Å². The van der Waals surface area contributed by atoms with Gasteiger partial charge in [-0.3, -0.25) is 9.38 Å². The van der Waals surface area contributed by atoms with Gasteiger partial charge in [-0.2, -0.15) is 0 Å². The third-order valence-corrected chi connectivity index (χ3v) is 10.5. The number of para-hydroxylation sites is 1. The molecule has 2 unspecified atom stereocenters. The summed E-state index contributed by atoms with van der Waals surface area (Å²) in [5.74, 6) is 0. The second kappa shape index (κ2) is 12.5. The van der Waals surface area contributed by atoms with Crippen LogP contribution in [0.5, 0.6) is 0 Å². The van der Waals surface area contributed by atoms with Gasteiger partial charge in [-0.05, 0) is 57.1 Å². The number of fused-ring (bicyclic) bond motifs is 1. The molecule has 0 radical (unpaired) electrons. The van der Waals surface area contributed by atoms with Crippen LogP contribution in [0.1, 0.15) is 43.2 Å². The second-order valence-corrected chi connectivity index (χ2v) is 12.9. The molecule has 3 heterocycles. The molecular weight excluding hydrogens is 577 g/mol. The molecule has 2 aromatic carbocycles. The van der Waals surface area contributed by atoms with E-state index < -0.39 is 16.2 Å². The van der Waals surface area contributed by atoms with E-state index in [1.165, 1.54) is 0 Å². The molecule has 3 aliphatic heterocycles. The first-order valence-electron chi connectivity index (χ1n) is 14.6. The second-order valence-electron chi connectivity index (χ2n) is 12.1. The van der Waals surface area contributed by atoms with Gasteiger partial charge in [0.05, 0.1) is 23.0 Å². The number of nitrogens with zero attached hydrogens (tertiary/aromatic N) is 4. The molecule has 3 aliphatic rings. The Bertz CT molecular complexity index is 1330. The minimum absolute atomic E-state index is 0.00111. The van der Waals surface area contributed by atoms with Crippen LogP contribution in [0.15, 0.2) is 42.5 Å². The Morgan fingerprint density at radius 1 is 1.12 bits per heavy atom. The van der Waals surface area contributed by atoms with Crippen LogP contribution in [0.4, 0.5) is 15.3 Å². The van der Waals surface area contributed by atoms with E-state index in [9.17, 15) is 19.5 Å². The fraction of sp³-hybridized carbons (Fsp3) is 0.516. The first kappa shape index (κ1) is 30.8. The van der Waals surface area contributed by atoms with Crippen molar-refractivity contribution in [2.24, 2.45) is 0 Å². The highest BCUT2D eigenvalue weighted by molar-refractivity contribution is 6.42. The summed E-state index contributed by atoms with van der Waals surface area (Å²) in [5, 5.41) is 17.2. The number of hydrogen-bond acceptors (Lipinski definition) is 6. The van der Waals surface area contributed by atoms with Crippen LogP contribution in [-0.4, -0.2) is 95.6 Å². The summed E-state index contributed by atoms with van der Waals surface area (Å²) >= 11 is 12.5. The molecule has 42 heavy (non-hydrogen) atoms. The lowest BCUT2D eigenvalue weighted by Crippen LogP contribution is -2.80. The van der Waals surface area contributed by atoms with Gasteiger partial charge >= 0.3 is 6.03 Å². The van der Waals surface area contributed by atoms with Crippen LogP contribution in [0.25, 0.3) is 0 Å². The molecule has 3 atom stereocenters. The lowest BCUT2D eigenvalue weighted by molar-refractivity contribution is -0.956. The molecule has 2 fully saturated rings. The summed E-state index contributed by atoms with van der Waals surface area (Å²) < 4.78 is -0.442. The summed E-state index contributed by atoms with van der Waals surface area (Å²) in [6.07, 6.45) is 2.76. The van der Waals surface area contributed by atoms with Gasteiger partial charge in [0.1, 0.15) is 12.8 Å². The predicted molar refractivity (Wildman–Crippen MR) is 161 cm³/mol. The normalized spacial score (nSPS) is 27.3. The van der Waals surface area contributed by atoms with Gasteiger partial charge in [0.15, 0.2) is 5.66 Å². The maximum atomic E-state index is 13.6. The van der Waals surface area contributed by atoms with Gasteiger partial charge in [0.2, 0.25) is 0 Å². The number of hydrogen-bond donors (Lipinski definition) is 1. The zero-order valence-corrected chi connectivity index (χ0v) is 25.7. The van der Waals surface area contributed by atoms with Crippen LogP contribution < -0.4 is 10.4 Å². The average Bonchev–Trinajstić information content (AvgIpc) is 3.14. The van der Waals surface area contributed by atoms with Crippen molar-refractivity contribution in [2.75, 3.05) is 45.6 Å². The van der Waals surface area contributed by atoms with Crippen LogP contribution >= 0.6 is 23.2 Å². The van der Waals surface area contributed by atoms with Gasteiger partial charge in [0, 0.05) is 55.8 Å². The van der Waals surface area contributed by atoms with Crippen LogP contribution in [0.3, 0.4) is 0 Å². The van der Waals surface area contributed by atoms with Crippen molar-refractivity contribution in [1.29, 1.82) is 0 Å². The number of piperidine rings is 2. The first-order chi connectivity index (χ1) is 20.1. The summed E-state index contributed by atoms with van der Waals surface area (Å²) in [4.78, 5) is 45.8. The van der Waals surface area contributed by atoms with E-state index in [2.05, 4.69) is 29.2 Å². The number of amides is 3. The third kappa shape index (κ3) is 5.65. The Labute approximate surface area is 257 Å². The molecule has 2 aromatic rings. The van der Waals surface area contributed by atoms with Crippen molar-refractivity contribution in [3.63, 3.8) is 0 Å². The van der Waals surface area contributed by atoms with E-state index >= 15 is 0 Å². The minimum atomic E-state index is -1.23. The predicted octanol–water partition coefficient (Wildman–Crippen LogP) is 4.22. The van der Waals surface area contributed by atoms with Crippen LogP contribution in [-0.2, 0) is 17.8 Å². The van der Waals surface area contributed by atoms with E-state index in [1.54, 1.807) is 18.2 Å². The Morgan fingerprint density at radius 2 is 1.86 bits per heavy atom. The standard InChI is InChI=1S/C31H39Cl2N5O4/c1-35(2)24-10-14-36(15-11-24)31(13-18-39)20-25(37-16-9-23-5-3-4-6-28(23)34-29(37)40)12-17-38(31,30(41)42)21-22-7-8-26(32)27(33)19-22/h3-8,18-19,24-25H,9-17,20-21H2,1-2H3,(H-,34,40,41,42)/t25?,31?,38-/m0/s1. The smallest absolute Gasteiger partial charge is 0.322 e. The van der Waals surface area contributed by atoms with Gasteiger partial charge in [-0.15, -0.1) is 0 Å². The third-order valence-electron chi connectivity index (χ3n) is 9.77. The first-order valence-corrected chi connectivity index (χ1v) is 15.4. The minimum Gasteiger partial charge on any atom is -0.498 e. The zero-order valence-electron chi connectivity index (χ0n) is 24.2. The van der Waals surface area contributed by atoms with Crippen LogP contribution in [0.2, 0.25) is 10.0 Å². The maximum Gasteiger partial charge on any atom is 0.322 e. The molecular formula is C31H39Cl2N5O4. The van der Waals surface area contributed by atoms with Gasteiger partial charge < -0.3 is 29.8 Å². The lowest BCUT2D eigenvalue weighted by Gasteiger charge is -2.61. The van der Waals surface area contributed by atoms with E-state index in [1.807, 2.05) is 29.2 Å². The Kier molecular flexibility index (Phi) is 9.16. The molecule has 11 heteroatoms. The van der Waals surface area contributed by atoms with Crippen molar-refractivity contribution in [3.05, 3.63) is 63.6 Å². The van der Waals surface area contributed by atoms with Gasteiger partial charge in [0.25, 0.3) is 6.09 Å². The maximum absolute atomic E-state index is 13.6. The number of carboxylic acid groups (broad SMARTS) is 1. The van der Waals surface area contributed by atoms with Crippen LogP contribution in [0, 0.1) is 0 Å². The largest absolute Gasteiger partial charge is 0.498 e. The Morgan fingerprint density at radius 3 is 2.52 bits per heavy atom. The molecule has 5 rings (SSSR count). The number of benzene rings is 2. The highest BCUT2D eigenvalue weighted by Gasteiger charge is 2.61. The summed E-state index contributed by atoms with van der Waals surface area (Å²) in [6, 6.07) is 12.8. The molecule has 226 valence electrons. The quantitative estimate of drug-likeness (QED) is 0.370. The fourth-order valence-electron chi connectivity index (χ4n) is 7.46. The molecule has 0 spiro atoms. The van der Waals surface area contributed by atoms with E-state index in [0.29, 0.717) is 60.5 Å². The number of quaternary nitrogens is 1. The number of aldehydes is 1. The number of anilines is 1. The summed E-state index contributed by atoms with van der Waals surface area (Å²) in [5.41, 5.74) is 1.44. The van der Waals surface area contributed by atoms with Gasteiger partial charge in [-0.1, -0.05) is 47.5 Å². The number of nitrogens with one attached hydrogen (secondary N) is 1. The number of carbonyl (C=O) groups is 3. The Hall–Kier alpha value is -2.69. The number of likely N-dealkylation sites (tertiary alicyclic amines) is 2. The number of halogens is 2. The Balaban J connectivity index is 1.55. The average molecular weight is 617 g/mol. The molecule has 2 saturated heterocycles. The molecule has 0 aromatic heterocycles. The van der Waals surface area contributed by atoms with Crippen molar-refractivity contribution in [2.45, 2.75) is 62.8 Å². The lowest BCUT2D eigenvalue weighted by atomic mass is 9.81. The zero-order chi connectivity index (χ0) is 30.1. The highest BCUT2D eigenvalue weighted by atomic mass is 35.5. The number of urea groups is 1. The number of rotatable bonds is 7. The highest BCUT2D eigenvalue weighted by Crippen LogP contribution is 2.45.